The van der Waals surface area contributed by atoms with Gasteiger partial charge in [0.25, 0.3) is 0 Å². The van der Waals surface area contributed by atoms with Crippen molar-refractivity contribution in [2.75, 3.05) is 20.6 Å². The molecule has 0 N–H and O–H groups in total. The van der Waals surface area contributed by atoms with Crippen LogP contribution in [0.4, 0.5) is 0 Å². The van der Waals surface area contributed by atoms with Gasteiger partial charge in [-0.05, 0) is 30.7 Å². The Kier molecular flexibility index (Phi) is 5.33. The molecule has 0 aliphatic carbocycles. The minimum absolute atomic E-state index is 0.760. The molecule has 0 saturated heterocycles. The van der Waals surface area contributed by atoms with Crippen LogP contribution in [0.3, 0.4) is 0 Å². The molecular formula is C13H19ClN2. The standard InChI is InChI=1S/C13H19ClN2/c1-4-5-10-15-13(16(2)3)11-6-8-12(14)9-7-11/h6-9H,4-5,10H2,1-3H3. The highest BCUT2D eigenvalue weighted by atomic mass is 35.5. The second kappa shape index (κ2) is 6.54. The molecular weight excluding hydrogens is 220 g/mol. The van der Waals surface area contributed by atoms with Crippen LogP contribution >= 0.6 is 11.6 Å². The Bertz CT molecular complexity index is 341. The fourth-order valence-corrected chi connectivity index (χ4v) is 1.56. The summed E-state index contributed by atoms with van der Waals surface area (Å²) in [6, 6.07) is 7.81. The van der Waals surface area contributed by atoms with Gasteiger partial charge in [0.05, 0.1) is 0 Å². The highest BCUT2D eigenvalue weighted by molar-refractivity contribution is 6.30. The van der Waals surface area contributed by atoms with E-state index in [1.807, 2.05) is 43.3 Å². The Labute approximate surface area is 103 Å². The predicted molar refractivity (Wildman–Crippen MR) is 71.5 cm³/mol. The molecule has 1 rings (SSSR count). The summed E-state index contributed by atoms with van der Waals surface area (Å²) in [5.41, 5.74) is 1.12. The lowest BCUT2D eigenvalue weighted by atomic mass is 10.2. The number of nitrogens with zero attached hydrogens (tertiary/aromatic N) is 2. The van der Waals surface area contributed by atoms with E-state index in [9.17, 15) is 0 Å². The number of hydrogen-bond acceptors (Lipinski definition) is 1. The fraction of sp³-hybridized carbons (Fsp3) is 0.462. The van der Waals surface area contributed by atoms with Crippen molar-refractivity contribution in [3.05, 3.63) is 34.9 Å². The van der Waals surface area contributed by atoms with Gasteiger partial charge in [0.2, 0.25) is 0 Å². The summed E-state index contributed by atoms with van der Waals surface area (Å²) in [4.78, 5) is 6.65. The highest BCUT2D eigenvalue weighted by Gasteiger charge is 2.04. The van der Waals surface area contributed by atoms with Crippen molar-refractivity contribution in [3.63, 3.8) is 0 Å². The molecule has 0 aliphatic heterocycles. The molecule has 0 atom stereocenters. The van der Waals surface area contributed by atoms with E-state index in [-0.39, 0.29) is 0 Å². The van der Waals surface area contributed by atoms with E-state index in [2.05, 4.69) is 11.9 Å². The smallest absolute Gasteiger partial charge is 0.130 e. The van der Waals surface area contributed by atoms with E-state index >= 15 is 0 Å². The van der Waals surface area contributed by atoms with Crippen LogP contribution in [0, 0.1) is 0 Å². The lowest BCUT2D eigenvalue weighted by Gasteiger charge is -2.16. The molecule has 88 valence electrons. The van der Waals surface area contributed by atoms with Crippen LogP contribution in [0.1, 0.15) is 25.3 Å². The molecule has 0 amide bonds. The molecule has 0 radical (unpaired) electrons. The number of aliphatic imine (C=N–C) groups is 1. The molecule has 0 bridgehead atoms. The molecule has 0 heterocycles. The maximum Gasteiger partial charge on any atom is 0.130 e. The number of rotatable bonds is 4. The quantitative estimate of drug-likeness (QED) is 0.446. The van der Waals surface area contributed by atoms with Gasteiger partial charge in [-0.25, -0.2) is 0 Å². The van der Waals surface area contributed by atoms with Gasteiger partial charge in [-0.1, -0.05) is 24.9 Å². The van der Waals surface area contributed by atoms with Crippen LogP contribution in [0.25, 0.3) is 0 Å². The number of amidine groups is 1. The second-order valence-electron chi connectivity index (χ2n) is 3.96. The Balaban J connectivity index is 2.85. The Morgan fingerprint density at radius 2 is 1.88 bits per heavy atom. The molecule has 0 aliphatic rings. The first kappa shape index (κ1) is 13.0. The molecule has 0 fully saturated rings. The summed E-state index contributed by atoms with van der Waals surface area (Å²) in [5, 5.41) is 0.760. The third-order valence-corrected chi connectivity index (χ3v) is 2.55. The van der Waals surface area contributed by atoms with Crippen molar-refractivity contribution in [1.29, 1.82) is 0 Å². The van der Waals surface area contributed by atoms with Gasteiger partial charge in [-0.3, -0.25) is 4.99 Å². The van der Waals surface area contributed by atoms with Crippen LogP contribution < -0.4 is 0 Å². The summed E-state index contributed by atoms with van der Waals surface area (Å²) >= 11 is 5.87. The molecule has 0 spiro atoms. The van der Waals surface area contributed by atoms with E-state index in [1.54, 1.807) is 0 Å². The number of unbranched alkanes of at least 4 members (excludes halogenated alkanes) is 1. The van der Waals surface area contributed by atoms with Crippen molar-refractivity contribution in [2.24, 2.45) is 4.99 Å². The van der Waals surface area contributed by atoms with Gasteiger partial charge in [0, 0.05) is 31.2 Å². The van der Waals surface area contributed by atoms with Gasteiger partial charge >= 0.3 is 0 Å². The zero-order valence-corrected chi connectivity index (χ0v) is 11.0. The predicted octanol–water partition coefficient (Wildman–Crippen LogP) is 3.45. The van der Waals surface area contributed by atoms with Crippen LogP contribution in [0.15, 0.2) is 29.3 Å². The Morgan fingerprint density at radius 1 is 1.25 bits per heavy atom. The monoisotopic (exact) mass is 238 g/mol. The van der Waals surface area contributed by atoms with Gasteiger partial charge in [0.15, 0.2) is 0 Å². The van der Waals surface area contributed by atoms with Crippen LogP contribution in [-0.4, -0.2) is 31.4 Å². The van der Waals surface area contributed by atoms with E-state index < -0.39 is 0 Å². The average molecular weight is 239 g/mol. The minimum atomic E-state index is 0.760. The van der Waals surface area contributed by atoms with Crippen LogP contribution in [-0.2, 0) is 0 Å². The van der Waals surface area contributed by atoms with Gasteiger partial charge < -0.3 is 4.90 Å². The van der Waals surface area contributed by atoms with E-state index in [4.69, 9.17) is 11.6 Å². The molecule has 0 unspecified atom stereocenters. The number of benzene rings is 1. The van der Waals surface area contributed by atoms with Gasteiger partial charge in [0.1, 0.15) is 5.84 Å². The first-order valence-electron chi connectivity index (χ1n) is 5.63. The maximum atomic E-state index is 5.87. The first-order valence-corrected chi connectivity index (χ1v) is 6.00. The Morgan fingerprint density at radius 3 is 2.38 bits per heavy atom. The largest absolute Gasteiger partial charge is 0.363 e. The van der Waals surface area contributed by atoms with Crippen LogP contribution in [0.5, 0.6) is 0 Å². The molecule has 0 aromatic heterocycles. The van der Waals surface area contributed by atoms with E-state index in [0.717, 1.165) is 29.4 Å². The topological polar surface area (TPSA) is 15.6 Å². The van der Waals surface area contributed by atoms with Gasteiger partial charge in [-0.2, -0.15) is 0 Å². The number of hydrogen-bond donors (Lipinski definition) is 0. The highest BCUT2D eigenvalue weighted by Crippen LogP contribution is 2.11. The summed E-state index contributed by atoms with van der Waals surface area (Å²) in [6.07, 6.45) is 2.30. The first-order chi connectivity index (χ1) is 7.65. The van der Waals surface area contributed by atoms with Crippen molar-refractivity contribution in [1.82, 2.24) is 4.90 Å². The van der Waals surface area contributed by atoms with E-state index in [0.29, 0.717) is 0 Å². The van der Waals surface area contributed by atoms with Crippen molar-refractivity contribution in [3.8, 4) is 0 Å². The molecule has 3 heteroatoms. The third-order valence-electron chi connectivity index (χ3n) is 2.30. The summed E-state index contributed by atoms with van der Waals surface area (Å²) in [6.45, 7) is 3.06. The molecule has 0 saturated carbocycles. The summed E-state index contributed by atoms with van der Waals surface area (Å²) in [7, 11) is 4.03. The maximum absolute atomic E-state index is 5.87. The number of halogens is 1. The average Bonchev–Trinajstić information content (AvgIpc) is 2.26. The fourth-order valence-electron chi connectivity index (χ4n) is 1.43. The zero-order chi connectivity index (χ0) is 12.0. The normalized spacial score (nSPS) is 11.6. The molecule has 2 nitrogen and oxygen atoms in total. The third kappa shape index (κ3) is 3.86. The lowest BCUT2D eigenvalue weighted by molar-refractivity contribution is 0.616. The molecule has 16 heavy (non-hydrogen) atoms. The molecule has 1 aromatic rings. The van der Waals surface area contributed by atoms with Crippen molar-refractivity contribution < 1.29 is 0 Å². The van der Waals surface area contributed by atoms with Crippen LogP contribution in [0.2, 0.25) is 5.02 Å². The molecule has 1 aromatic carbocycles. The van der Waals surface area contributed by atoms with E-state index in [1.165, 1.54) is 6.42 Å². The summed E-state index contributed by atoms with van der Waals surface area (Å²) in [5.74, 6) is 1.02. The second-order valence-corrected chi connectivity index (χ2v) is 4.40. The van der Waals surface area contributed by atoms with Gasteiger partial charge in [-0.15, -0.1) is 0 Å². The lowest BCUT2D eigenvalue weighted by Crippen LogP contribution is -2.23. The zero-order valence-electron chi connectivity index (χ0n) is 10.2. The SMILES string of the molecule is CCCCN=C(c1ccc(Cl)cc1)N(C)C. The van der Waals surface area contributed by atoms with Crippen molar-refractivity contribution >= 4 is 17.4 Å². The van der Waals surface area contributed by atoms with Crippen molar-refractivity contribution in [2.45, 2.75) is 19.8 Å². The summed E-state index contributed by atoms with van der Waals surface area (Å²) < 4.78 is 0. The minimum Gasteiger partial charge on any atom is -0.363 e. The Hall–Kier alpha value is -1.02.